The molecule has 0 saturated heterocycles. The van der Waals surface area contributed by atoms with Crippen LogP contribution in [0.15, 0.2) is 24.3 Å². The lowest BCUT2D eigenvalue weighted by Gasteiger charge is -2.13. The Bertz CT molecular complexity index is 321. The molecule has 19 heavy (non-hydrogen) atoms. The number of hydrogen-bond acceptors (Lipinski definition) is 1. The van der Waals surface area contributed by atoms with E-state index in [9.17, 15) is 0 Å². The van der Waals surface area contributed by atoms with Crippen molar-refractivity contribution in [2.24, 2.45) is 0 Å². The molecule has 108 valence electrons. The smallest absolute Gasteiger partial charge is 0.0406 e. The summed E-state index contributed by atoms with van der Waals surface area (Å²) >= 11 is 5.87. The van der Waals surface area contributed by atoms with Gasteiger partial charge in [-0.05, 0) is 44.0 Å². The van der Waals surface area contributed by atoms with Gasteiger partial charge in [0, 0.05) is 11.1 Å². The second-order valence-electron chi connectivity index (χ2n) is 5.43. The molecule has 1 unspecified atom stereocenters. The third kappa shape index (κ3) is 8.28. The van der Waals surface area contributed by atoms with Gasteiger partial charge in [0.2, 0.25) is 0 Å². The number of unbranched alkanes of at least 4 members (excludes halogenated alkanes) is 4. The van der Waals surface area contributed by atoms with Crippen LogP contribution in [0.5, 0.6) is 0 Å². The van der Waals surface area contributed by atoms with Gasteiger partial charge in [-0.2, -0.15) is 0 Å². The quantitative estimate of drug-likeness (QED) is 0.580. The van der Waals surface area contributed by atoms with E-state index in [-0.39, 0.29) is 0 Å². The summed E-state index contributed by atoms with van der Waals surface area (Å²) in [4.78, 5) is 0. The summed E-state index contributed by atoms with van der Waals surface area (Å²) in [6, 6.07) is 8.79. The first kappa shape index (κ1) is 16.5. The minimum Gasteiger partial charge on any atom is -0.314 e. The molecule has 0 spiro atoms. The Morgan fingerprint density at radius 2 is 1.74 bits per heavy atom. The predicted octanol–water partition coefficient (Wildman–Crippen LogP) is 5.22. The van der Waals surface area contributed by atoms with Gasteiger partial charge in [-0.1, -0.05) is 62.8 Å². The summed E-state index contributed by atoms with van der Waals surface area (Å²) in [5, 5.41) is 4.42. The Morgan fingerprint density at radius 3 is 2.42 bits per heavy atom. The second kappa shape index (κ2) is 10.3. The maximum Gasteiger partial charge on any atom is 0.0406 e. The van der Waals surface area contributed by atoms with E-state index >= 15 is 0 Å². The van der Waals surface area contributed by atoms with E-state index in [1.165, 1.54) is 44.1 Å². The third-order valence-corrected chi connectivity index (χ3v) is 3.81. The van der Waals surface area contributed by atoms with E-state index < -0.39 is 0 Å². The van der Waals surface area contributed by atoms with Gasteiger partial charge in [0.1, 0.15) is 0 Å². The maximum absolute atomic E-state index is 5.87. The molecule has 1 nitrogen and oxygen atoms in total. The molecular weight excluding hydrogens is 254 g/mol. The molecule has 1 aromatic rings. The van der Waals surface area contributed by atoms with E-state index in [1.807, 2.05) is 12.1 Å². The Hall–Kier alpha value is -0.530. The third-order valence-electron chi connectivity index (χ3n) is 3.56. The van der Waals surface area contributed by atoms with Crippen molar-refractivity contribution in [3.05, 3.63) is 34.9 Å². The number of hydrogen-bond donors (Lipinski definition) is 1. The van der Waals surface area contributed by atoms with Crippen molar-refractivity contribution in [1.82, 2.24) is 5.32 Å². The molecule has 1 aromatic carbocycles. The van der Waals surface area contributed by atoms with E-state index in [2.05, 4.69) is 31.3 Å². The minimum absolute atomic E-state index is 0.633. The van der Waals surface area contributed by atoms with Crippen molar-refractivity contribution in [2.75, 3.05) is 6.54 Å². The molecule has 0 aliphatic heterocycles. The number of benzene rings is 1. The largest absolute Gasteiger partial charge is 0.314 e. The molecule has 0 saturated carbocycles. The zero-order chi connectivity index (χ0) is 13.9. The molecule has 0 fully saturated rings. The van der Waals surface area contributed by atoms with Crippen LogP contribution in [0.3, 0.4) is 0 Å². The molecule has 2 heteroatoms. The summed E-state index contributed by atoms with van der Waals surface area (Å²) in [5.74, 6) is 0. The van der Waals surface area contributed by atoms with Crippen molar-refractivity contribution in [1.29, 1.82) is 0 Å². The number of nitrogens with one attached hydrogen (secondary N) is 1. The summed E-state index contributed by atoms with van der Waals surface area (Å²) in [6.07, 6.45) is 9.23. The molecule has 0 bridgehead atoms. The normalized spacial score (nSPS) is 12.6. The predicted molar refractivity (Wildman–Crippen MR) is 86.0 cm³/mol. The zero-order valence-electron chi connectivity index (χ0n) is 12.4. The fourth-order valence-electron chi connectivity index (χ4n) is 2.27. The highest BCUT2D eigenvalue weighted by atomic mass is 35.5. The Balaban J connectivity index is 2.03. The van der Waals surface area contributed by atoms with E-state index in [1.54, 1.807) is 0 Å². The first-order chi connectivity index (χ1) is 9.22. The highest BCUT2D eigenvalue weighted by Gasteiger charge is 2.01. The van der Waals surface area contributed by atoms with Crippen LogP contribution in [-0.4, -0.2) is 12.6 Å². The molecule has 1 N–H and O–H groups in total. The van der Waals surface area contributed by atoms with Crippen molar-refractivity contribution in [2.45, 2.75) is 64.8 Å². The topological polar surface area (TPSA) is 12.0 Å². The lowest BCUT2D eigenvalue weighted by molar-refractivity contribution is 0.483. The van der Waals surface area contributed by atoms with Gasteiger partial charge in [0.15, 0.2) is 0 Å². The molecule has 0 amide bonds. The van der Waals surface area contributed by atoms with Gasteiger partial charge in [-0.3, -0.25) is 0 Å². The molecule has 1 atom stereocenters. The van der Waals surface area contributed by atoms with Gasteiger partial charge in [-0.25, -0.2) is 0 Å². The van der Waals surface area contributed by atoms with Crippen LogP contribution in [0.4, 0.5) is 0 Å². The van der Waals surface area contributed by atoms with Crippen LogP contribution in [0, 0.1) is 0 Å². The summed E-state index contributed by atoms with van der Waals surface area (Å²) < 4.78 is 0. The average Bonchev–Trinajstić information content (AvgIpc) is 2.41. The van der Waals surface area contributed by atoms with Crippen LogP contribution < -0.4 is 5.32 Å². The van der Waals surface area contributed by atoms with Crippen LogP contribution in [-0.2, 0) is 6.42 Å². The van der Waals surface area contributed by atoms with Gasteiger partial charge in [0.05, 0.1) is 0 Å². The first-order valence-electron chi connectivity index (χ1n) is 7.70. The highest BCUT2D eigenvalue weighted by Crippen LogP contribution is 2.10. The average molecular weight is 282 g/mol. The Kier molecular flexibility index (Phi) is 8.94. The zero-order valence-corrected chi connectivity index (χ0v) is 13.2. The fourth-order valence-corrected chi connectivity index (χ4v) is 2.40. The highest BCUT2D eigenvalue weighted by molar-refractivity contribution is 6.30. The lowest BCUT2D eigenvalue weighted by Crippen LogP contribution is -2.27. The van der Waals surface area contributed by atoms with Crippen LogP contribution in [0.2, 0.25) is 5.02 Å². The molecule has 0 radical (unpaired) electrons. The maximum atomic E-state index is 5.87. The monoisotopic (exact) mass is 281 g/mol. The van der Waals surface area contributed by atoms with E-state index in [0.717, 1.165) is 18.0 Å². The standard InChI is InChI=1S/C17H28ClN/c1-3-4-5-6-7-8-15(2)19-14-13-16-9-11-17(18)12-10-16/h9-12,15,19H,3-8,13-14H2,1-2H3. The Labute approximate surface area is 123 Å². The SMILES string of the molecule is CCCCCCCC(C)NCCc1ccc(Cl)cc1. The van der Waals surface area contributed by atoms with Crippen LogP contribution in [0.25, 0.3) is 0 Å². The fraction of sp³-hybridized carbons (Fsp3) is 0.647. The van der Waals surface area contributed by atoms with Crippen LogP contribution >= 0.6 is 11.6 Å². The van der Waals surface area contributed by atoms with Crippen LogP contribution in [0.1, 0.15) is 57.9 Å². The molecule has 0 aliphatic rings. The number of halogens is 1. The summed E-state index contributed by atoms with van der Waals surface area (Å²) in [7, 11) is 0. The minimum atomic E-state index is 0.633. The van der Waals surface area contributed by atoms with Gasteiger partial charge < -0.3 is 5.32 Å². The lowest BCUT2D eigenvalue weighted by atomic mass is 10.1. The molecule has 0 aromatic heterocycles. The van der Waals surface area contributed by atoms with Crippen molar-refractivity contribution in [3.63, 3.8) is 0 Å². The summed E-state index contributed by atoms with van der Waals surface area (Å²) in [6.45, 7) is 5.61. The molecule has 0 heterocycles. The molecule has 1 rings (SSSR count). The van der Waals surface area contributed by atoms with Crippen molar-refractivity contribution >= 4 is 11.6 Å². The summed E-state index contributed by atoms with van der Waals surface area (Å²) in [5.41, 5.74) is 1.35. The number of rotatable bonds is 10. The first-order valence-corrected chi connectivity index (χ1v) is 8.08. The van der Waals surface area contributed by atoms with Gasteiger partial charge in [-0.15, -0.1) is 0 Å². The Morgan fingerprint density at radius 1 is 1.05 bits per heavy atom. The molecular formula is C17H28ClN. The van der Waals surface area contributed by atoms with Gasteiger partial charge >= 0.3 is 0 Å². The second-order valence-corrected chi connectivity index (χ2v) is 5.87. The van der Waals surface area contributed by atoms with E-state index in [4.69, 9.17) is 11.6 Å². The molecule has 0 aliphatic carbocycles. The van der Waals surface area contributed by atoms with Crippen molar-refractivity contribution in [3.8, 4) is 0 Å². The van der Waals surface area contributed by atoms with E-state index in [0.29, 0.717) is 6.04 Å². The van der Waals surface area contributed by atoms with Gasteiger partial charge in [0.25, 0.3) is 0 Å². The van der Waals surface area contributed by atoms with Crippen molar-refractivity contribution < 1.29 is 0 Å².